The number of aromatic carboxylic acids is 1. The van der Waals surface area contributed by atoms with Gasteiger partial charge in [-0.25, -0.2) is 14.1 Å². The van der Waals surface area contributed by atoms with E-state index in [4.69, 9.17) is 5.11 Å². The number of imide groups is 1. The van der Waals surface area contributed by atoms with Crippen molar-refractivity contribution in [1.82, 2.24) is 0 Å². The summed E-state index contributed by atoms with van der Waals surface area (Å²) in [7, 11) is 0. The van der Waals surface area contributed by atoms with Crippen LogP contribution in [0, 0.1) is 5.82 Å². The molecule has 7 heteroatoms. The highest BCUT2D eigenvalue weighted by atomic mass is 19.1. The van der Waals surface area contributed by atoms with Gasteiger partial charge in [0.2, 0.25) is 5.91 Å². The third-order valence-corrected chi connectivity index (χ3v) is 3.71. The van der Waals surface area contributed by atoms with Crippen LogP contribution in [0.1, 0.15) is 16.8 Å². The number of para-hydroxylation sites is 1. The molecule has 6 nitrogen and oxygen atoms in total. The third kappa shape index (κ3) is 2.83. The smallest absolute Gasteiger partial charge is 0.335 e. The molecule has 0 aliphatic carbocycles. The number of carboxylic acid groups (broad SMARTS) is 1. The quantitative estimate of drug-likeness (QED) is 0.841. The van der Waals surface area contributed by atoms with Crippen LogP contribution in [-0.4, -0.2) is 28.9 Å². The molecule has 122 valence electrons. The molecule has 1 saturated heterocycles. The summed E-state index contributed by atoms with van der Waals surface area (Å²) in [5, 5.41) is 11.7. The van der Waals surface area contributed by atoms with E-state index in [9.17, 15) is 18.8 Å². The topological polar surface area (TPSA) is 86.7 Å². The zero-order chi connectivity index (χ0) is 17.3. The van der Waals surface area contributed by atoms with Crippen molar-refractivity contribution in [3.05, 3.63) is 59.9 Å². The molecule has 3 rings (SSSR count). The molecule has 2 N–H and O–H groups in total. The minimum absolute atomic E-state index is 0.0713. The van der Waals surface area contributed by atoms with Crippen molar-refractivity contribution in [3.63, 3.8) is 0 Å². The Balaban J connectivity index is 1.79. The van der Waals surface area contributed by atoms with E-state index in [1.54, 1.807) is 6.07 Å². The van der Waals surface area contributed by atoms with Gasteiger partial charge in [-0.2, -0.15) is 0 Å². The fraction of sp³-hybridized carbons (Fsp3) is 0.118. The van der Waals surface area contributed by atoms with Crippen LogP contribution in [0.2, 0.25) is 0 Å². The van der Waals surface area contributed by atoms with Gasteiger partial charge in [-0.15, -0.1) is 0 Å². The van der Waals surface area contributed by atoms with Crippen LogP contribution in [0.5, 0.6) is 0 Å². The van der Waals surface area contributed by atoms with Gasteiger partial charge in [-0.3, -0.25) is 9.59 Å². The lowest BCUT2D eigenvalue weighted by Crippen LogP contribution is -2.35. The number of carbonyl (C=O) groups is 3. The SMILES string of the molecule is O=C(O)c1ccc(NC2CC(=O)N(c3ccccc3F)C2=O)cc1. The number of amides is 2. The van der Waals surface area contributed by atoms with E-state index in [0.29, 0.717) is 5.69 Å². The molecule has 1 heterocycles. The molecule has 24 heavy (non-hydrogen) atoms. The first-order chi connectivity index (χ1) is 11.5. The number of benzene rings is 2. The number of carbonyl (C=O) groups excluding carboxylic acids is 2. The van der Waals surface area contributed by atoms with Crippen molar-refractivity contribution in [2.24, 2.45) is 0 Å². The van der Waals surface area contributed by atoms with Crippen molar-refractivity contribution < 1.29 is 23.9 Å². The normalized spacial score (nSPS) is 17.2. The lowest BCUT2D eigenvalue weighted by Gasteiger charge is -2.16. The first-order valence-corrected chi connectivity index (χ1v) is 7.18. The Morgan fingerprint density at radius 1 is 1.12 bits per heavy atom. The van der Waals surface area contributed by atoms with E-state index in [1.807, 2.05) is 0 Å². The Morgan fingerprint density at radius 2 is 1.79 bits per heavy atom. The molecule has 2 aromatic rings. The molecule has 0 aromatic heterocycles. The second kappa shape index (κ2) is 6.11. The Hall–Kier alpha value is -3.22. The van der Waals surface area contributed by atoms with Gasteiger partial charge >= 0.3 is 5.97 Å². The Morgan fingerprint density at radius 3 is 2.42 bits per heavy atom. The Bertz CT molecular complexity index is 820. The van der Waals surface area contributed by atoms with E-state index in [2.05, 4.69) is 5.32 Å². The highest BCUT2D eigenvalue weighted by molar-refractivity contribution is 6.23. The molecule has 2 amide bonds. The molecule has 1 fully saturated rings. The highest BCUT2D eigenvalue weighted by Crippen LogP contribution is 2.27. The molecule has 1 atom stereocenters. The molecule has 2 aromatic carbocycles. The van der Waals surface area contributed by atoms with E-state index in [-0.39, 0.29) is 17.7 Å². The van der Waals surface area contributed by atoms with Gasteiger partial charge in [0.25, 0.3) is 5.91 Å². The summed E-state index contributed by atoms with van der Waals surface area (Å²) < 4.78 is 13.8. The first-order valence-electron chi connectivity index (χ1n) is 7.18. The minimum Gasteiger partial charge on any atom is -0.478 e. The van der Waals surface area contributed by atoms with Gasteiger partial charge in [0.15, 0.2) is 0 Å². The molecule has 1 aliphatic heterocycles. The maximum absolute atomic E-state index is 13.8. The van der Waals surface area contributed by atoms with Crippen molar-refractivity contribution >= 4 is 29.2 Å². The summed E-state index contributed by atoms with van der Waals surface area (Å²) >= 11 is 0. The number of nitrogens with zero attached hydrogens (tertiary/aromatic N) is 1. The van der Waals surface area contributed by atoms with E-state index in [1.165, 1.54) is 42.5 Å². The van der Waals surface area contributed by atoms with Crippen molar-refractivity contribution in [1.29, 1.82) is 0 Å². The molecule has 0 radical (unpaired) electrons. The van der Waals surface area contributed by atoms with Crippen LogP contribution in [-0.2, 0) is 9.59 Å². The molecular weight excluding hydrogens is 315 g/mol. The van der Waals surface area contributed by atoms with Crippen molar-refractivity contribution in [3.8, 4) is 0 Å². The monoisotopic (exact) mass is 328 g/mol. The number of nitrogens with one attached hydrogen (secondary N) is 1. The third-order valence-electron chi connectivity index (χ3n) is 3.71. The number of hydrogen-bond donors (Lipinski definition) is 2. The molecule has 0 saturated carbocycles. The summed E-state index contributed by atoms with van der Waals surface area (Å²) in [5.41, 5.74) is 0.543. The van der Waals surface area contributed by atoms with Crippen LogP contribution in [0.25, 0.3) is 0 Å². The number of rotatable bonds is 4. The second-order valence-corrected chi connectivity index (χ2v) is 5.30. The van der Waals surface area contributed by atoms with Crippen LogP contribution in [0.3, 0.4) is 0 Å². The first kappa shape index (κ1) is 15.7. The average Bonchev–Trinajstić information content (AvgIpc) is 2.83. The zero-order valence-corrected chi connectivity index (χ0v) is 12.4. The summed E-state index contributed by atoms with van der Waals surface area (Å²) in [6.45, 7) is 0. The lowest BCUT2D eigenvalue weighted by atomic mass is 10.2. The van der Waals surface area contributed by atoms with E-state index >= 15 is 0 Å². The number of hydrogen-bond acceptors (Lipinski definition) is 4. The minimum atomic E-state index is -1.06. The van der Waals surface area contributed by atoms with Crippen LogP contribution in [0.4, 0.5) is 15.8 Å². The van der Waals surface area contributed by atoms with Gasteiger partial charge in [0.1, 0.15) is 11.9 Å². The predicted molar refractivity (Wildman–Crippen MR) is 84.3 cm³/mol. The van der Waals surface area contributed by atoms with Gasteiger partial charge in [0, 0.05) is 5.69 Å². The Labute approximate surface area is 136 Å². The Kier molecular flexibility index (Phi) is 3.99. The predicted octanol–water partition coefficient (Wildman–Crippen LogP) is 2.27. The van der Waals surface area contributed by atoms with Gasteiger partial charge in [-0.1, -0.05) is 12.1 Å². The largest absolute Gasteiger partial charge is 0.478 e. The summed E-state index contributed by atoms with van der Waals surface area (Å²) in [5.74, 6) is -2.75. The fourth-order valence-corrected chi connectivity index (χ4v) is 2.54. The lowest BCUT2D eigenvalue weighted by molar-refractivity contribution is -0.121. The number of anilines is 2. The highest BCUT2D eigenvalue weighted by Gasteiger charge is 2.40. The molecule has 1 aliphatic rings. The van der Waals surface area contributed by atoms with E-state index < -0.39 is 29.6 Å². The van der Waals surface area contributed by atoms with Crippen LogP contribution in [0.15, 0.2) is 48.5 Å². The van der Waals surface area contributed by atoms with Gasteiger partial charge < -0.3 is 10.4 Å². The molecule has 1 unspecified atom stereocenters. The van der Waals surface area contributed by atoms with Crippen LogP contribution >= 0.6 is 0 Å². The molecule has 0 bridgehead atoms. The number of halogens is 1. The maximum Gasteiger partial charge on any atom is 0.335 e. The zero-order valence-electron chi connectivity index (χ0n) is 12.4. The van der Waals surface area contributed by atoms with Crippen molar-refractivity contribution in [2.75, 3.05) is 10.2 Å². The molecular formula is C17H13FN2O4. The van der Waals surface area contributed by atoms with Crippen molar-refractivity contribution in [2.45, 2.75) is 12.5 Å². The standard InChI is InChI=1S/C17H13FN2O4/c18-12-3-1-2-4-14(12)20-15(21)9-13(16(20)22)19-11-7-5-10(6-8-11)17(23)24/h1-8,13,19H,9H2,(H,23,24). The summed E-state index contributed by atoms with van der Waals surface area (Å²) in [6, 6.07) is 10.5. The summed E-state index contributed by atoms with van der Waals surface area (Å²) in [4.78, 5) is 36.2. The van der Waals surface area contributed by atoms with E-state index in [0.717, 1.165) is 4.90 Å². The van der Waals surface area contributed by atoms with Gasteiger partial charge in [0.05, 0.1) is 17.7 Å². The molecule has 0 spiro atoms. The fourth-order valence-electron chi connectivity index (χ4n) is 2.54. The maximum atomic E-state index is 13.8. The van der Waals surface area contributed by atoms with Gasteiger partial charge in [-0.05, 0) is 36.4 Å². The van der Waals surface area contributed by atoms with Crippen LogP contribution < -0.4 is 10.2 Å². The average molecular weight is 328 g/mol. The number of carboxylic acids is 1. The second-order valence-electron chi connectivity index (χ2n) is 5.30. The summed E-state index contributed by atoms with van der Waals surface area (Å²) in [6.07, 6.45) is -0.103.